The van der Waals surface area contributed by atoms with Crippen molar-refractivity contribution in [3.05, 3.63) is 104 Å². The minimum Gasteiger partial charge on any atom is -0.488 e. The van der Waals surface area contributed by atoms with E-state index in [1.54, 1.807) is 32.0 Å². The molecule has 1 amide bonds. The number of nitrogens with zero attached hydrogens (tertiary/aromatic N) is 1. The number of halogens is 2. The van der Waals surface area contributed by atoms with Crippen LogP contribution in [0.3, 0.4) is 0 Å². The Labute approximate surface area is 266 Å². The Morgan fingerprint density at radius 1 is 1.02 bits per heavy atom. The summed E-state index contributed by atoms with van der Waals surface area (Å²) in [5.74, 6) is 0.0677. The number of para-hydroxylation sites is 1. The molecule has 0 aliphatic carbocycles. The van der Waals surface area contributed by atoms with Crippen LogP contribution >= 0.6 is 44.1 Å². The minimum atomic E-state index is -0.623. The molecule has 12 heteroatoms. The monoisotopic (exact) mass is 714 g/mol. The molecule has 3 N–H and O–H groups in total. The average molecular weight is 716 g/mol. The molecule has 0 fully saturated rings. The lowest BCUT2D eigenvalue weighted by molar-refractivity contribution is -0.139. The molecule has 3 aromatic carbocycles. The average Bonchev–Trinajstić information content (AvgIpc) is 2.96. The van der Waals surface area contributed by atoms with Gasteiger partial charge in [0.05, 0.1) is 24.4 Å². The Morgan fingerprint density at radius 2 is 1.76 bits per heavy atom. The number of nitrogens with one attached hydrogen (secondary N) is 3. The third kappa shape index (κ3) is 8.40. The zero-order valence-electron chi connectivity index (χ0n) is 22.8. The van der Waals surface area contributed by atoms with E-state index in [0.717, 1.165) is 14.5 Å². The molecule has 4 rings (SSSR count). The summed E-state index contributed by atoms with van der Waals surface area (Å²) in [5.41, 5.74) is 5.76. The van der Waals surface area contributed by atoms with E-state index in [1.165, 1.54) is 6.21 Å². The minimum absolute atomic E-state index is 0.227. The van der Waals surface area contributed by atoms with Gasteiger partial charge in [-0.2, -0.15) is 5.10 Å². The zero-order valence-corrected chi connectivity index (χ0v) is 26.8. The summed E-state index contributed by atoms with van der Waals surface area (Å²) in [6.45, 7) is 3.78. The van der Waals surface area contributed by atoms with Crippen LogP contribution in [0.1, 0.15) is 36.6 Å². The highest BCUT2D eigenvalue weighted by Gasteiger charge is 2.32. The molecule has 0 saturated carbocycles. The van der Waals surface area contributed by atoms with E-state index in [9.17, 15) is 9.59 Å². The van der Waals surface area contributed by atoms with Gasteiger partial charge in [0, 0.05) is 25.8 Å². The summed E-state index contributed by atoms with van der Waals surface area (Å²) in [7, 11) is 0. The number of hydrogen-bond donors (Lipinski definition) is 3. The maximum absolute atomic E-state index is 12.7. The van der Waals surface area contributed by atoms with Crippen molar-refractivity contribution in [1.82, 2.24) is 16.1 Å². The van der Waals surface area contributed by atoms with Gasteiger partial charge >= 0.3 is 5.97 Å². The van der Waals surface area contributed by atoms with Crippen molar-refractivity contribution in [1.29, 1.82) is 0 Å². The van der Waals surface area contributed by atoms with E-state index in [-0.39, 0.29) is 13.2 Å². The number of esters is 1. The van der Waals surface area contributed by atoms with Crippen LogP contribution in [0, 0.1) is 0 Å². The number of carbonyl (C=O) groups excluding carboxylic acids is 2. The van der Waals surface area contributed by atoms with Crippen molar-refractivity contribution in [2.45, 2.75) is 26.5 Å². The molecule has 1 atom stereocenters. The molecular weight excluding hydrogens is 688 g/mol. The largest absolute Gasteiger partial charge is 0.488 e. The number of amides is 1. The van der Waals surface area contributed by atoms with Gasteiger partial charge in [-0.25, -0.2) is 10.2 Å². The second-order valence-corrected chi connectivity index (χ2v) is 11.2. The lowest BCUT2D eigenvalue weighted by Gasteiger charge is -2.30. The first-order valence-electron chi connectivity index (χ1n) is 12.9. The van der Waals surface area contributed by atoms with Gasteiger partial charge in [-0.05, 0) is 68.0 Å². The van der Waals surface area contributed by atoms with E-state index in [4.69, 9.17) is 26.4 Å². The summed E-state index contributed by atoms with van der Waals surface area (Å²) in [6.07, 6.45) is 1.51. The number of thiocarbonyl (C=S) groups is 1. The third-order valence-electron chi connectivity index (χ3n) is 6.03. The Hall–Kier alpha value is -3.74. The molecule has 1 heterocycles. The maximum Gasteiger partial charge on any atom is 0.338 e. The highest BCUT2D eigenvalue weighted by Crippen LogP contribution is 2.33. The van der Waals surface area contributed by atoms with Crippen LogP contribution in [-0.4, -0.2) is 36.4 Å². The fraction of sp³-hybridized carbons (Fsp3) is 0.200. The molecule has 1 aliphatic rings. The summed E-state index contributed by atoms with van der Waals surface area (Å²) >= 11 is 12.2. The van der Waals surface area contributed by atoms with Crippen LogP contribution in [0.25, 0.3) is 0 Å². The summed E-state index contributed by atoms with van der Waals surface area (Å²) < 4.78 is 18.9. The molecular formula is C30H28Br2N4O5S. The number of allylic oxidation sites excluding steroid dienone is 1. The molecule has 0 saturated heterocycles. The van der Waals surface area contributed by atoms with Crippen LogP contribution in [0.15, 0.2) is 92.0 Å². The number of rotatable bonds is 11. The molecule has 9 nitrogen and oxygen atoms in total. The van der Waals surface area contributed by atoms with E-state index in [0.29, 0.717) is 45.6 Å². The van der Waals surface area contributed by atoms with E-state index >= 15 is 0 Å². The van der Waals surface area contributed by atoms with E-state index < -0.39 is 17.9 Å². The van der Waals surface area contributed by atoms with E-state index in [1.807, 2.05) is 48.5 Å². The topological polar surface area (TPSA) is 110 Å². The van der Waals surface area contributed by atoms with Gasteiger partial charge in [0.1, 0.15) is 18.1 Å². The Balaban J connectivity index is 1.41. The van der Waals surface area contributed by atoms with Gasteiger partial charge in [-0.15, -0.1) is 0 Å². The first kappa shape index (κ1) is 31.2. The van der Waals surface area contributed by atoms with Crippen LogP contribution < -0.4 is 25.5 Å². The van der Waals surface area contributed by atoms with Crippen LogP contribution in [0.4, 0.5) is 0 Å². The van der Waals surface area contributed by atoms with E-state index in [2.05, 4.69) is 53.0 Å². The lowest BCUT2D eigenvalue weighted by Crippen LogP contribution is -2.45. The van der Waals surface area contributed by atoms with Gasteiger partial charge < -0.3 is 24.8 Å². The zero-order chi connectivity index (χ0) is 30.1. The highest BCUT2D eigenvalue weighted by atomic mass is 79.9. The van der Waals surface area contributed by atoms with Crippen LogP contribution in [-0.2, 0) is 20.9 Å². The number of ether oxygens (including phenoxy) is 3. The van der Waals surface area contributed by atoms with Crippen LogP contribution in [0.2, 0.25) is 0 Å². The van der Waals surface area contributed by atoms with Crippen molar-refractivity contribution in [3.63, 3.8) is 0 Å². The molecule has 1 aliphatic heterocycles. The second-order valence-electron chi connectivity index (χ2n) is 9.01. The smallest absolute Gasteiger partial charge is 0.338 e. The Bertz CT molecular complexity index is 1530. The summed E-state index contributed by atoms with van der Waals surface area (Å²) in [5, 5.41) is 10.5. The van der Waals surface area contributed by atoms with Crippen molar-refractivity contribution in [2.24, 2.45) is 5.10 Å². The van der Waals surface area contributed by atoms with Gasteiger partial charge in [-0.3, -0.25) is 4.79 Å². The molecule has 3 aromatic rings. The van der Waals surface area contributed by atoms with Gasteiger partial charge in [0.25, 0.3) is 5.91 Å². The van der Waals surface area contributed by atoms with Gasteiger partial charge in [-0.1, -0.05) is 62.2 Å². The molecule has 0 radical (unpaired) electrons. The SMILES string of the molecule is CCOC(=O)C1=C(C)NC(=S)N[C@@H]1c1ccccc1OCC(=O)NN=Cc1cc(Br)ccc1OCc1ccc(Br)cc1. The quantitative estimate of drug-likeness (QED) is 0.101. The predicted octanol–water partition coefficient (Wildman–Crippen LogP) is 5.68. The molecule has 0 unspecified atom stereocenters. The summed E-state index contributed by atoms with van der Waals surface area (Å²) in [6, 6.07) is 19.9. The standard InChI is InChI=1S/C30H28Br2N4O5S/c1-3-39-29(38)27-18(2)34-30(42)35-28(27)23-6-4-5-7-25(23)41-17-26(37)36-33-15-20-14-22(32)12-13-24(20)40-16-19-8-10-21(31)11-9-19/h4-15,28H,3,16-17H2,1-2H3,(H,36,37)(H2,34,35,42)/t28-/m1/s1. The first-order valence-corrected chi connectivity index (χ1v) is 14.9. The molecule has 42 heavy (non-hydrogen) atoms. The van der Waals surface area contributed by atoms with Crippen LogP contribution in [0.5, 0.6) is 11.5 Å². The van der Waals surface area contributed by atoms with Gasteiger partial charge in [0.15, 0.2) is 11.7 Å². The predicted molar refractivity (Wildman–Crippen MR) is 171 cm³/mol. The number of hydrogen-bond acceptors (Lipinski definition) is 7. The lowest BCUT2D eigenvalue weighted by atomic mass is 9.95. The fourth-order valence-corrected chi connectivity index (χ4v) is 5.01. The summed E-state index contributed by atoms with van der Waals surface area (Å²) in [4.78, 5) is 25.4. The third-order valence-corrected chi connectivity index (χ3v) is 7.27. The van der Waals surface area contributed by atoms with Crippen molar-refractivity contribution in [3.8, 4) is 11.5 Å². The molecule has 0 aromatic heterocycles. The highest BCUT2D eigenvalue weighted by molar-refractivity contribution is 9.10. The normalized spacial score (nSPS) is 14.7. The van der Waals surface area contributed by atoms with Gasteiger partial charge in [0.2, 0.25) is 0 Å². The first-order chi connectivity index (χ1) is 20.2. The second kappa shape index (κ2) is 14.9. The Kier molecular flexibility index (Phi) is 11.1. The van der Waals surface area contributed by atoms with Crippen molar-refractivity contribution >= 4 is 67.3 Å². The van der Waals surface area contributed by atoms with Crippen molar-refractivity contribution in [2.75, 3.05) is 13.2 Å². The molecule has 0 spiro atoms. The molecule has 218 valence electrons. The van der Waals surface area contributed by atoms with Crippen molar-refractivity contribution < 1.29 is 23.8 Å². The molecule has 0 bridgehead atoms. The maximum atomic E-state index is 12.7. The Morgan fingerprint density at radius 3 is 2.52 bits per heavy atom. The fourth-order valence-electron chi connectivity index (χ4n) is 4.10. The number of carbonyl (C=O) groups is 2. The number of hydrazone groups is 1. The number of benzene rings is 3.